The van der Waals surface area contributed by atoms with Gasteiger partial charge in [-0.05, 0) is 79.0 Å². The summed E-state index contributed by atoms with van der Waals surface area (Å²) in [5.74, 6) is 0. The quantitative estimate of drug-likeness (QED) is 0.203. The van der Waals surface area contributed by atoms with Crippen LogP contribution in [0.2, 0.25) is 0 Å². The molecule has 0 unspecified atom stereocenters. The predicted octanol–water partition coefficient (Wildman–Crippen LogP) is -42.8. The summed E-state index contributed by atoms with van der Waals surface area (Å²) in [6.07, 6.45) is 0. The number of hydrogen-bond acceptors (Lipinski definition) is 3. The minimum absolute atomic E-state index is 0. The van der Waals surface area contributed by atoms with Crippen molar-refractivity contribution in [2.24, 2.45) is 0 Å². The van der Waals surface area contributed by atoms with Crippen LogP contribution in [0.4, 0.5) is 0 Å². The van der Waals surface area contributed by atoms with E-state index in [0.29, 0.717) is 6.61 Å². The van der Waals surface area contributed by atoms with Crippen LogP contribution in [0.15, 0.2) is 52.3 Å². The van der Waals surface area contributed by atoms with Crippen molar-refractivity contribution in [3.8, 4) is 0 Å². The molecule has 0 bridgehead atoms. The molecule has 2 rings (SSSR count). The summed E-state index contributed by atoms with van der Waals surface area (Å²) < 4.78 is 6.87. The maximum absolute atomic E-state index is 5.62. The standard InChI is InChI=1S/C18H22INOS.119K.H/c1-4-21-13-15-11-16(19)9-10-18(15)22-17-8-6-5-7-14(17)12-20(2)3;;;;;;;;;;;;;;;;;;;;;;;;;;;;;;;;;;;;;;;;;;;;;;;;;;;;;;;;;;;;;;;;;;;;;;;;;;;;;;;;;;;;;;;;;;;;;;;;;;;;;;;;;;;;;;;;;;;;;;;;/h5-11H,4,12-13H2,1-3H3;;;;;;;;;;;;;;;;;;;;;;;;;;;;;;;;;;;;;;;;;;;;;;;;;;;;;;;;;;;;;;;;;;;;;;;;;;;;;;;;;;;;;;;;;;;;;;;;;;;;;;;;;;;;;;;;;;;;;;;;/q;;;;;;;;;;;;;;;;;;;;;;;;;;;;;;;;;;;;;;;;;;;;;;;;;;;;;;;;;;;;;;;;;;;;;;;;;;;;;;;;;;;;;;;;;;;;;;;;;;;;;;;;;;;;;;;;;;;;;;;+1;-1. The molecule has 0 radical (unpaired) electrons. The second-order valence-electron chi connectivity index (χ2n) is 5.34. The summed E-state index contributed by atoms with van der Waals surface area (Å²) in [6, 6.07) is 15.2. The van der Waals surface area contributed by atoms with Gasteiger partial charge in [-0.15, -0.1) is 0 Å². The number of halogens is 1. The van der Waals surface area contributed by atoms with Crippen molar-refractivity contribution < 1.29 is 57.5 Å². The number of nitrogens with zero attached hydrogens (tertiary/aromatic N) is 1. The van der Waals surface area contributed by atoms with Crippen molar-refractivity contribution >= 4 is 3760 Å². The van der Waals surface area contributed by atoms with Gasteiger partial charge in [0, 0.05) is 26.5 Å². The fourth-order valence-electron chi connectivity index (χ4n) is 2.17. The first-order valence-corrected chi connectivity index (χ1v) is 1010. The molecule has 0 saturated heterocycles. The molecule has 0 N–H and O–H groups in total. The zero-order valence-corrected chi connectivity index (χ0v) is 507. The maximum atomic E-state index is 5.62. The second kappa shape index (κ2) is 738. The average molecular weight is 5080 g/mol. The zero-order valence-electron chi connectivity index (χ0n) is 133. The van der Waals surface area contributed by atoms with E-state index in [9.17, 15) is 0 Å². The van der Waals surface area contributed by atoms with Crippen molar-refractivity contribution in [2.75, 3.05) is 20.7 Å². The number of hydrogen-bond donors (Lipinski definition) is 0. The van der Waals surface area contributed by atoms with Crippen molar-refractivity contribution in [1.82, 2.24) is 4.90 Å². The van der Waals surface area contributed by atoms with Crippen LogP contribution in [-0.2, 0) is 17.9 Å². The number of ether oxygens (including phenoxy) is 1. The van der Waals surface area contributed by atoms with E-state index in [0.717, 1.165) is 13.2 Å². The van der Waals surface area contributed by atoms with Crippen LogP contribution in [0.1, 0.15) is 19.5 Å². The van der Waals surface area contributed by atoms with Gasteiger partial charge in [0.15, 0.2) is 0 Å². The molecule has 0 saturated carbocycles. The monoisotopic (exact) mass is 5060 g/mol. The first-order chi connectivity index (χ1) is 69.6. The van der Waals surface area contributed by atoms with E-state index in [1.54, 1.807) is 0 Å². The molecule has 0 fully saturated rings. The van der Waals surface area contributed by atoms with Gasteiger partial charge in [0.05, 0.1) is 6.61 Å². The van der Waals surface area contributed by atoms with E-state index in [1.807, 2.05) is 18.7 Å². The van der Waals surface area contributed by atoms with Gasteiger partial charge < -0.3 is 11.1 Å². The van der Waals surface area contributed by atoms with Gasteiger partial charge >= 0.3 is 3780 Å². The van der Waals surface area contributed by atoms with E-state index in [4.69, 9.17) is 4.74 Å². The third-order valence-electron chi connectivity index (χ3n) is 3.16. The van der Waals surface area contributed by atoms with Gasteiger partial charge in [0.2, 0.25) is 0 Å². The topological polar surface area (TPSA) is 12.5 Å². The Balaban J connectivity index is -0.00000000867. The molecule has 0 spiro atoms. The summed E-state index contributed by atoms with van der Waals surface area (Å²) in [5.41, 5.74) is 2.62. The SMILES string of the molecule is CCOCc1cc(I)ccc1Sc1ccccc1CN(C)C.[H-].[K+].[K][K].[K][K].[K][K].[K][K].[K][K].[K][K].[K][K].[K][K].[K][K].[K][K].[K][K].[K][K].[K][K].[K][K].[K][K].[K][K].[K][K].[K][K].[K][K].[K][K].[K][K].[K][K].[K][K].[K][K].[K][K].[K][K].[K][K].[K][K].[K][K].[K][K].[K][K].[K][K].[K][K].[K][K].[K][K].[K][K].[K][K].[K][K].[K][K].[K][K].[K][K].[K][K].[K][K].[K][K].[K][K].[K][K].[K][K].[K][K].[K][K].[K][K].[K][K].[K][K].[K][K].[K][K].[K][K].[K][K].[K][K].[K][K].[K][K]. The molecule has 238 valence electrons. The van der Waals surface area contributed by atoms with Gasteiger partial charge in [-0.2, -0.15) is 0 Å². The minimum atomic E-state index is 0. The summed E-state index contributed by atoms with van der Waals surface area (Å²) in [6.45, 7) is 4.40. The molecule has 0 aliphatic heterocycles. The normalized spacial score (nSPS) is 5.09. The molecule has 0 amide bonds. The first kappa shape index (κ1) is 491. The molecule has 0 heterocycles. The fourth-order valence-corrected chi connectivity index (χ4v) is 3.75. The molecule has 123 heteroatoms. The van der Waals surface area contributed by atoms with Crippen LogP contribution in [0, 0.1) is 3.57 Å². The summed E-state index contributed by atoms with van der Waals surface area (Å²) in [4.78, 5) is 4.80. The third kappa shape index (κ3) is 696. The molecule has 0 aliphatic carbocycles. The molecule has 141 heavy (non-hydrogen) atoms. The Morgan fingerprint density at radius 2 is 0.305 bits per heavy atom. The van der Waals surface area contributed by atoms with Gasteiger partial charge in [0.1, 0.15) is 0 Å². The first-order valence-electron chi connectivity index (χ1n) is 66.4. The zero-order chi connectivity index (χ0) is 134. The van der Waals surface area contributed by atoms with Gasteiger partial charge in [-0.25, -0.2) is 0 Å². The van der Waals surface area contributed by atoms with E-state index < -0.39 is 0 Å². The van der Waals surface area contributed by atoms with E-state index in [-0.39, 0.29) is 52.8 Å². The van der Waals surface area contributed by atoms with Crippen molar-refractivity contribution in [3.63, 3.8) is 0 Å². The van der Waals surface area contributed by atoms with Gasteiger partial charge in [0.25, 0.3) is 0 Å². The van der Waals surface area contributed by atoms with Crippen molar-refractivity contribution in [2.45, 2.75) is 29.9 Å². The Morgan fingerprint density at radius 3 is 0.418 bits per heavy atom. The fraction of sp³-hybridized carbons (Fsp3) is 0.333. The van der Waals surface area contributed by atoms with Crippen LogP contribution in [0.3, 0.4) is 0 Å². The molecular weight excluding hydrogens is 5060 g/mol. The van der Waals surface area contributed by atoms with Gasteiger partial charge in [-0.1, -0.05) is 30.0 Å². The van der Waals surface area contributed by atoms with Crippen LogP contribution < -0.4 is 51.4 Å². The summed E-state index contributed by atoms with van der Waals surface area (Å²) >= 11 is 152. The van der Waals surface area contributed by atoms with Crippen LogP contribution >= 0.6 is 34.4 Å². The summed E-state index contributed by atoms with van der Waals surface area (Å²) in [5, 5.41) is 0. The Kier molecular flexibility index (Phi) is 2570. The van der Waals surface area contributed by atoms with E-state index in [1.165, 1.54) is 3750 Å². The Labute approximate surface area is 3640 Å². The van der Waals surface area contributed by atoms with Crippen LogP contribution in [0.5, 0.6) is 0 Å². The Bertz CT molecular complexity index is 712. The second-order valence-corrected chi connectivity index (χ2v) is 7.67. The predicted molar refractivity (Wildman–Crippen MR) is 783 cm³/mol. The molecular formula is C18H23IK119NOS. The summed E-state index contributed by atoms with van der Waals surface area (Å²) in [7, 11) is 4.21. The van der Waals surface area contributed by atoms with E-state index >= 15 is 0 Å². The Morgan fingerprint density at radius 1 is 0.191 bits per heavy atom. The average Bonchev–Trinajstić information content (AvgIpc) is 0.841. The molecule has 2 aromatic carbocycles. The number of benzene rings is 2. The van der Waals surface area contributed by atoms with Gasteiger partial charge in [-0.3, -0.25) is 0 Å². The number of rotatable bonds is 7. The molecule has 0 atom stereocenters. The van der Waals surface area contributed by atoms with Crippen molar-refractivity contribution in [3.05, 3.63) is 57.2 Å². The van der Waals surface area contributed by atoms with Crippen molar-refractivity contribution in [1.29, 1.82) is 0 Å². The van der Waals surface area contributed by atoms with E-state index in [2.05, 4.69) is 84.1 Å². The molecule has 2 aromatic rings. The Hall–Kier alpha value is 194. The molecule has 2 nitrogen and oxygen atoms in total. The molecule has 0 aromatic heterocycles. The van der Waals surface area contributed by atoms with Crippen LogP contribution in [-0.4, -0.2) is 3750 Å². The molecule has 0 aliphatic rings. The van der Waals surface area contributed by atoms with Crippen LogP contribution in [0.25, 0.3) is 0 Å². The third-order valence-corrected chi connectivity index (χ3v) is 5.07.